The van der Waals surface area contributed by atoms with Crippen molar-refractivity contribution in [2.45, 2.75) is 31.7 Å². The highest BCUT2D eigenvalue weighted by Crippen LogP contribution is 2.27. The Morgan fingerprint density at radius 2 is 1.89 bits per heavy atom. The molecule has 2 aromatic carbocycles. The van der Waals surface area contributed by atoms with Crippen molar-refractivity contribution in [1.82, 2.24) is 14.9 Å². The van der Waals surface area contributed by atoms with Crippen molar-refractivity contribution < 1.29 is 4.79 Å². The van der Waals surface area contributed by atoms with E-state index in [2.05, 4.69) is 22.1 Å². The molecule has 0 aliphatic carbocycles. The zero-order chi connectivity index (χ0) is 18.1. The van der Waals surface area contributed by atoms with Crippen LogP contribution in [-0.2, 0) is 11.2 Å². The van der Waals surface area contributed by atoms with Crippen LogP contribution in [-0.4, -0.2) is 39.9 Å². The summed E-state index contributed by atoms with van der Waals surface area (Å²) >= 11 is 0. The van der Waals surface area contributed by atoms with E-state index >= 15 is 0 Å². The SMILES string of the molecule is Cc1cccc2[nH]c(CCC(=O)N3C[C@@H](N)[C@H](c4ccccc4)C3)nc12.Cl.Cl. The molecule has 0 spiro atoms. The lowest BCUT2D eigenvalue weighted by Gasteiger charge is -2.16. The summed E-state index contributed by atoms with van der Waals surface area (Å²) in [6, 6.07) is 16.3. The maximum absolute atomic E-state index is 12.7. The first-order valence-electron chi connectivity index (χ1n) is 9.14. The van der Waals surface area contributed by atoms with Gasteiger partial charge in [0.25, 0.3) is 0 Å². The van der Waals surface area contributed by atoms with Crippen molar-refractivity contribution in [3.05, 3.63) is 65.5 Å². The second kappa shape index (κ2) is 9.41. The van der Waals surface area contributed by atoms with E-state index in [1.165, 1.54) is 5.56 Å². The Morgan fingerprint density at radius 3 is 2.61 bits per heavy atom. The Kier molecular flexibility index (Phi) is 7.47. The number of H-pyrrole nitrogens is 1. The molecule has 0 saturated carbocycles. The second-order valence-electron chi connectivity index (χ2n) is 7.13. The van der Waals surface area contributed by atoms with Gasteiger partial charge in [0.2, 0.25) is 5.91 Å². The molecule has 0 bridgehead atoms. The largest absolute Gasteiger partial charge is 0.342 e. The number of aryl methyl sites for hydroxylation is 2. The van der Waals surface area contributed by atoms with E-state index in [-0.39, 0.29) is 42.7 Å². The molecule has 1 saturated heterocycles. The summed E-state index contributed by atoms with van der Waals surface area (Å²) in [5.41, 5.74) is 10.7. The van der Waals surface area contributed by atoms with Crippen molar-refractivity contribution >= 4 is 41.8 Å². The molecule has 28 heavy (non-hydrogen) atoms. The van der Waals surface area contributed by atoms with Crippen LogP contribution in [0.3, 0.4) is 0 Å². The number of hydrogen-bond donors (Lipinski definition) is 2. The summed E-state index contributed by atoms with van der Waals surface area (Å²) in [7, 11) is 0. The molecule has 2 atom stereocenters. The number of imidazole rings is 1. The minimum absolute atomic E-state index is 0. The van der Waals surface area contributed by atoms with Gasteiger partial charge >= 0.3 is 0 Å². The van der Waals surface area contributed by atoms with Crippen molar-refractivity contribution in [2.24, 2.45) is 5.73 Å². The van der Waals surface area contributed by atoms with Gasteiger partial charge < -0.3 is 15.6 Å². The summed E-state index contributed by atoms with van der Waals surface area (Å²) in [5.74, 6) is 1.23. The van der Waals surface area contributed by atoms with Crippen LogP contribution in [0.1, 0.15) is 29.3 Å². The quantitative estimate of drug-likeness (QED) is 0.676. The van der Waals surface area contributed by atoms with Crippen LogP contribution in [0.4, 0.5) is 0 Å². The van der Waals surface area contributed by atoms with E-state index in [9.17, 15) is 4.79 Å². The number of likely N-dealkylation sites (tertiary alicyclic amines) is 1. The Balaban J connectivity index is 0.00000140. The first-order chi connectivity index (χ1) is 12.6. The van der Waals surface area contributed by atoms with Gasteiger partial charge in [0.1, 0.15) is 5.82 Å². The molecule has 2 heterocycles. The van der Waals surface area contributed by atoms with Gasteiger partial charge in [-0.1, -0.05) is 42.5 Å². The fourth-order valence-corrected chi connectivity index (χ4v) is 3.81. The Morgan fingerprint density at radius 1 is 1.14 bits per heavy atom. The van der Waals surface area contributed by atoms with E-state index in [1.54, 1.807) is 0 Å². The van der Waals surface area contributed by atoms with Crippen LogP contribution in [0.2, 0.25) is 0 Å². The molecule has 0 unspecified atom stereocenters. The van der Waals surface area contributed by atoms with Crippen LogP contribution >= 0.6 is 24.8 Å². The third-order valence-corrected chi connectivity index (χ3v) is 5.28. The third-order valence-electron chi connectivity index (χ3n) is 5.28. The summed E-state index contributed by atoms with van der Waals surface area (Å²) in [4.78, 5) is 22.5. The highest BCUT2D eigenvalue weighted by molar-refractivity contribution is 5.85. The van der Waals surface area contributed by atoms with Gasteiger partial charge in [-0.25, -0.2) is 4.98 Å². The van der Waals surface area contributed by atoms with E-state index < -0.39 is 0 Å². The van der Waals surface area contributed by atoms with E-state index in [0.29, 0.717) is 25.9 Å². The molecule has 0 radical (unpaired) electrons. The smallest absolute Gasteiger partial charge is 0.223 e. The van der Waals surface area contributed by atoms with Crippen LogP contribution in [0.25, 0.3) is 11.0 Å². The monoisotopic (exact) mass is 420 g/mol. The zero-order valence-corrected chi connectivity index (χ0v) is 17.4. The fourth-order valence-electron chi connectivity index (χ4n) is 3.81. The Bertz CT molecular complexity index is 929. The number of carbonyl (C=O) groups is 1. The second-order valence-corrected chi connectivity index (χ2v) is 7.13. The maximum Gasteiger partial charge on any atom is 0.223 e. The summed E-state index contributed by atoms with van der Waals surface area (Å²) < 4.78 is 0. The molecular formula is C21H26Cl2N4O. The van der Waals surface area contributed by atoms with Gasteiger partial charge in [0.05, 0.1) is 11.0 Å². The molecule has 3 N–H and O–H groups in total. The maximum atomic E-state index is 12.7. The molecule has 4 rings (SSSR count). The number of hydrogen-bond acceptors (Lipinski definition) is 3. The molecule has 7 heteroatoms. The van der Waals surface area contributed by atoms with Gasteiger partial charge in [-0.15, -0.1) is 24.8 Å². The minimum atomic E-state index is -0.00444. The molecule has 5 nitrogen and oxygen atoms in total. The zero-order valence-electron chi connectivity index (χ0n) is 15.8. The topological polar surface area (TPSA) is 75.0 Å². The molecule has 1 amide bonds. The van der Waals surface area contributed by atoms with Crippen molar-refractivity contribution in [1.29, 1.82) is 0 Å². The number of aromatic nitrogens is 2. The van der Waals surface area contributed by atoms with Crippen LogP contribution in [0.15, 0.2) is 48.5 Å². The first kappa shape index (κ1) is 22.2. The van der Waals surface area contributed by atoms with E-state index in [0.717, 1.165) is 22.4 Å². The number of para-hydroxylation sites is 1. The predicted octanol–water partition coefficient (Wildman–Crippen LogP) is 3.60. The standard InChI is InChI=1S/C21H24N4O.2ClH/c1-14-6-5-9-18-21(14)24-19(23-18)10-11-20(26)25-12-16(17(22)13-25)15-7-3-2-4-8-15;;/h2-9,16-17H,10-13,22H2,1H3,(H,23,24);2*1H/t16-,17+;;/m0../s1. The lowest BCUT2D eigenvalue weighted by Crippen LogP contribution is -2.32. The summed E-state index contributed by atoms with van der Waals surface area (Å²) in [5, 5.41) is 0. The van der Waals surface area contributed by atoms with Crippen molar-refractivity contribution in [2.75, 3.05) is 13.1 Å². The number of rotatable bonds is 4. The number of halogens is 2. The lowest BCUT2D eigenvalue weighted by molar-refractivity contribution is -0.130. The predicted molar refractivity (Wildman–Crippen MR) is 117 cm³/mol. The van der Waals surface area contributed by atoms with Crippen LogP contribution < -0.4 is 5.73 Å². The number of nitrogens with two attached hydrogens (primary N) is 1. The van der Waals surface area contributed by atoms with E-state index in [1.807, 2.05) is 48.2 Å². The fraction of sp³-hybridized carbons (Fsp3) is 0.333. The number of nitrogens with zero attached hydrogens (tertiary/aromatic N) is 2. The third kappa shape index (κ3) is 4.49. The first-order valence-corrected chi connectivity index (χ1v) is 9.14. The molecular weight excluding hydrogens is 395 g/mol. The molecule has 1 aliphatic rings. The number of fused-ring (bicyclic) bond motifs is 1. The van der Waals surface area contributed by atoms with Gasteiger partial charge in [0, 0.05) is 37.9 Å². The molecule has 1 aliphatic heterocycles. The van der Waals surface area contributed by atoms with Gasteiger partial charge in [0.15, 0.2) is 0 Å². The number of benzene rings is 2. The average Bonchev–Trinajstić information content (AvgIpc) is 3.25. The van der Waals surface area contributed by atoms with Crippen molar-refractivity contribution in [3.63, 3.8) is 0 Å². The number of aromatic amines is 1. The lowest BCUT2D eigenvalue weighted by atomic mass is 9.95. The van der Waals surface area contributed by atoms with Gasteiger partial charge in [-0.3, -0.25) is 4.79 Å². The Labute approximate surface area is 177 Å². The highest BCUT2D eigenvalue weighted by Gasteiger charge is 2.33. The number of carbonyl (C=O) groups excluding carboxylic acids is 1. The summed E-state index contributed by atoms with van der Waals surface area (Å²) in [6.45, 7) is 3.37. The average molecular weight is 421 g/mol. The van der Waals surface area contributed by atoms with Crippen LogP contribution in [0, 0.1) is 6.92 Å². The van der Waals surface area contributed by atoms with Crippen LogP contribution in [0.5, 0.6) is 0 Å². The molecule has 3 aromatic rings. The molecule has 150 valence electrons. The number of amides is 1. The minimum Gasteiger partial charge on any atom is -0.342 e. The summed E-state index contributed by atoms with van der Waals surface area (Å²) in [6.07, 6.45) is 1.07. The normalized spacial score (nSPS) is 18.6. The van der Waals surface area contributed by atoms with E-state index in [4.69, 9.17) is 5.73 Å². The van der Waals surface area contributed by atoms with Crippen molar-refractivity contribution in [3.8, 4) is 0 Å². The molecule has 1 aromatic heterocycles. The number of nitrogens with one attached hydrogen (secondary N) is 1. The van der Waals surface area contributed by atoms with Gasteiger partial charge in [-0.05, 0) is 24.1 Å². The van der Waals surface area contributed by atoms with Gasteiger partial charge in [-0.2, -0.15) is 0 Å². The molecule has 1 fully saturated rings. The Hall–Kier alpha value is -2.08. The highest BCUT2D eigenvalue weighted by atomic mass is 35.5.